The predicted molar refractivity (Wildman–Crippen MR) is 85.8 cm³/mol. The Kier molecular flexibility index (Phi) is 3.28. The average molecular weight is 283 g/mol. The Morgan fingerprint density at radius 2 is 1.71 bits per heavy atom. The average Bonchev–Trinajstić information content (AvgIpc) is 2.66. The molecule has 4 saturated carbocycles. The summed E-state index contributed by atoms with van der Waals surface area (Å²) in [6, 6.07) is 7.34. The van der Waals surface area contributed by atoms with Crippen molar-refractivity contribution in [3.05, 3.63) is 29.8 Å². The minimum Gasteiger partial charge on any atom is -0.508 e. The number of nitrogens with zero attached hydrogens (tertiary/aromatic N) is 1. The first-order valence-electron chi connectivity index (χ1n) is 8.50. The maximum Gasteiger partial charge on any atom is 0.115 e. The zero-order chi connectivity index (χ0) is 14.3. The Labute approximate surface area is 127 Å². The van der Waals surface area contributed by atoms with Gasteiger partial charge in [0.2, 0.25) is 0 Å². The van der Waals surface area contributed by atoms with Crippen molar-refractivity contribution in [3.63, 3.8) is 0 Å². The highest BCUT2D eigenvalue weighted by molar-refractivity contribution is 5.79. The summed E-state index contributed by atoms with van der Waals surface area (Å²) in [5.74, 6) is 3.34. The maximum absolute atomic E-state index is 9.32. The van der Waals surface area contributed by atoms with Crippen molar-refractivity contribution in [3.8, 4) is 5.75 Å². The van der Waals surface area contributed by atoms with Crippen LogP contribution in [0.3, 0.4) is 0 Å². The van der Waals surface area contributed by atoms with E-state index in [-0.39, 0.29) is 0 Å². The van der Waals surface area contributed by atoms with Crippen LogP contribution in [0.2, 0.25) is 0 Å². The molecule has 4 aliphatic rings. The molecular weight excluding hydrogens is 258 g/mol. The quantitative estimate of drug-likeness (QED) is 0.818. The molecule has 0 radical (unpaired) electrons. The van der Waals surface area contributed by atoms with Gasteiger partial charge in [-0.2, -0.15) is 0 Å². The first kappa shape index (κ1) is 13.4. The molecule has 0 saturated heterocycles. The van der Waals surface area contributed by atoms with E-state index in [4.69, 9.17) is 4.99 Å². The van der Waals surface area contributed by atoms with Gasteiger partial charge in [0.1, 0.15) is 5.75 Å². The molecule has 4 fully saturated rings. The molecule has 1 aromatic carbocycles. The number of aromatic hydroxyl groups is 1. The van der Waals surface area contributed by atoms with Crippen molar-refractivity contribution >= 4 is 6.21 Å². The van der Waals surface area contributed by atoms with E-state index in [1.54, 1.807) is 12.1 Å². The predicted octanol–water partition coefficient (Wildman–Crippen LogP) is 4.42. The smallest absolute Gasteiger partial charge is 0.115 e. The first-order chi connectivity index (χ1) is 10.2. The third kappa shape index (κ3) is 2.73. The maximum atomic E-state index is 9.32. The molecule has 2 atom stereocenters. The lowest BCUT2D eigenvalue weighted by Crippen LogP contribution is -2.36. The number of hydrogen-bond acceptors (Lipinski definition) is 2. The Balaban J connectivity index is 1.47. The zero-order valence-corrected chi connectivity index (χ0v) is 12.7. The van der Waals surface area contributed by atoms with E-state index in [2.05, 4.69) is 0 Å². The Morgan fingerprint density at radius 3 is 2.43 bits per heavy atom. The molecule has 4 bridgehead atoms. The molecular formula is C19H25NO. The van der Waals surface area contributed by atoms with Gasteiger partial charge in [0.25, 0.3) is 0 Å². The monoisotopic (exact) mass is 283 g/mol. The molecule has 4 aliphatic carbocycles. The largest absolute Gasteiger partial charge is 0.508 e. The van der Waals surface area contributed by atoms with E-state index >= 15 is 0 Å². The minimum atomic E-state index is 0.324. The van der Waals surface area contributed by atoms with Crippen LogP contribution in [0.5, 0.6) is 5.75 Å². The highest BCUT2D eigenvalue weighted by atomic mass is 16.3. The first-order valence-corrected chi connectivity index (χ1v) is 8.50. The van der Waals surface area contributed by atoms with Crippen molar-refractivity contribution in [2.24, 2.45) is 28.2 Å². The van der Waals surface area contributed by atoms with Gasteiger partial charge >= 0.3 is 0 Å². The minimum absolute atomic E-state index is 0.324. The Morgan fingerprint density at radius 1 is 1.05 bits per heavy atom. The molecule has 0 amide bonds. The number of fused-ring (bicyclic) bond motifs is 1. The normalized spacial score (nSPS) is 38.0. The lowest BCUT2D eigenvalue weighted by Gasteiger charge is -2.44. The molecule has 2 nitrogen and oxygen atoms in total. The highest BCUT2D eigenvalue weighted by Gasteiger charge is 2.47. The number of phenols is 1. The van der Waals surface area contributed by atoms with E-state index in [0.717, 1.165) is 29.9 Å². The number of benzene rings is 1. The topological polar surface area (TPSA) is 32.6 Å². The van der Waals surface area contributed by atoms with Crippen molar-refractivity contribution in [2.75, 3.05) is 6.54 Å². The van der Waals surface area contributed by atoms with Gasteiger partial charge in [0.05, 0.1) is 0 Å². The highest BCUT2D eigenvalue weighted by Crippen LogP contribution is 2.57. The molecule has 5 rings (SSSR count). The molecule has 0 spiro atoms. The second-order valence-corrected chi connectivity index (χ2v) is 7.81. The van der Waals surface area contributed by atoms with Gasteiger partial charge in [-0.3, -0.25) is 4.99 Å². The van der Waals surface area contributed by atoms with Gasteiger partial charge in [-0.05, 0) is 97.9 Å². The second-order valence-electron chi connectivity index (χ2n) is 7.81. The van der Waals surface area contributed by atoms with E-state index in [9.17, 15) is 5.11 Å². The Hall–Kier alpha value is -1.31. The van der Waals surface area contributed by atoms with Crippen LogP contribution < -0.4 is 0 Å². The van der Waals surface area contributed by atoms with Crippen LogP contribution >= 0.6 is 0 Å². The van der Waals surface area contributed by atoms with Crippen LogP contribution in [0.1, 0.15) is 50.5 Å². The lowest BCUT2D eigenvalue weighted by molar-refractivity contribution is 0.0728. The van der Waals surface area contributed by atoms with Crippen LogP contribution in [0.4, 0.5) is 0 Å². The standard InChI is InChI=1S/C19H25NO/c21-18-3-1-14(2-4-18)12-20-13-19-6-5-15-7-16(10-19)9-17(8-15)11-19/h1-4,12,15-17,21H,5-11,13H2. The van der Waals surface area contributed by atoms with Crippen LogP contribution in [-0.2, 0) is 0 Å². The number of rotatable bonds is 3. The summed E-state index contributed by atoms with van der Waals surface area (Å²) < 4.78 is 0. The number of hydrogen-bond donors (Lipinski definition) is 1. The molecule has 0 aliphatic heterocycles. The van der Waals surface area contributed by atoms with Crippen LogP contribution in [0.25, 0.3) is 0 Å². The van der Waals surface area contributed by atoms with Crippen molar-refractivity contribution in [1.82, 2.24) is 0 Å². The fourth-order valence-electron chi connectivity index (χ4n) is 5.41. The van der Waals surface area contributed by atoms with Gasteiger partial charge < -0.3 is 5.11 Å². The SMILES string of the molecule is Oc1ccc(C=NCC23CCC4CC(CC(C4)C2)C3)cc1. The van der Waals surface area contributed by atoms with Gasteiger partial charge in [-0.25, -0.2) is 0 Å². The van der Waals surface area contributed by atoms with E-state index in [0.29, 0.717) is 11.2 Å². The van der Waals surface area contributed by atoms with Gasteiger partial charge in [0, 0.05) is 12.8 Å². The third-order valence-electron chi connectivity index (χ3n) is 6.09. The Bertz CT molecular complexity index is 519. The van der Waals surface area contributed by atoms with E-state index in [1.165, 1.54) is 44.9 Å². The van der Waals surface area contributed by atoms with Crippen LogP contribution in [-0.4, -0.2) is 17.9 Å². The summed E-state index contributed by atoms with van der Waals surface area (Å²) in [6.07, 6.45) is 12.2. The zero-order valence-electron chi connectivity index (χ0n) is 12.7. The summed E-state index contributed by atoms with van der Waals surface area (Å²) in [6.45, 7) is 1.01. The molecule has 0 aromatic heterocycles. The summed E-state index contributed by atoms with van der Waals surface area (Å²) in [5, 5.41) is 9.32. The van der Waals surface area contributed by atoms with Crippen molar-refractivity contribution in [2.45, 2.75) is 44.9 Å². The molecule has 112 valence electrons. The fraction of sp³-hybridized carbons (Fsp3) is 0.632. The fourth-order valence-corrected chi connectivity index (χ4v) is 5.41. The third-order valence-corrected chi connectivity index (χ3v) is 6.09. The van der Waals surface area contributed by atoms with Gasteiger partial charge in [-0.15, -0.1) is 0 Å². The van der Waals surface area contributed by atoms with Crippen molar-refractivity contribution < 1.29 is 5.11 Å². The van der Waals surface area contributed by atoms with E-state index in [1.807, 2.05) is 18.3 Å². The molecule has 21 heavy (non-hydrogen) atoms. The number of aliphatic imine (C=N–C) groups is 1. The van der Waals surface area contributed by atoms with Crippen molar-refractivity contribution in [1.29, 1.82) is 0 Å². The summed E-state index contributed by atoms with van der Waals surface area (Å²) in [5.41, 5.74) is 1.60. The van der Waals surface area contributed by atoms with Crippen LogP contribution in [0.15, 0.2) is 29.3 Å². The molecule has 2 heteroatoms. The number of phenolic OH excluding ortho intramolecular Hbond substituents is 1. The van der Waals surface area contributed by atoms with Gasteiger partial charge in [0.15, 0.2) is 0 Å². The van der Waals surface area contributed by atoms with Gasteiger partial charge in [-0.1, -0.05) is 0 Å². The second kappa shape index (κ2) is 5.15. The lowest BCUT2D eigenvalue weighted by atomic mass is 9.61. The van der Waals surface area contributed by atoms with E-state index < -0.39 is 0 Å². The molecule has 1 aromatic rings. The van der Waals surface area contributed by atoms with Crippen LogP contribution in [0, 0.1) is 23.2 Å². The molecule has 1 N–H and O–H groups in total. The summed E-state index contributed by atoms with van der Waals surface area (Å²) in [4.78, 5) is 4.79. The summed E-state index contributed by atoms with van der Waals surface area (Å²) in [7, 11) is 0. The summed E-state index contributed by atoms with van der Waals surface area (Å²) >= 11 is 0. The molecule has 0 heterocycles. The molecule has 2 unspecified atom stereocenters.